The van der Waals surface area contributed by atoms with Gasteiger partial charge < -0.3 is 9.51 Å². The number of hydrogen-bond donors (Lipinski definition) is 1. The summed E-state index contributed by atoms with van der Waals surface area (Å²) in [4.78, 5) is 6.56. The lowest BCUT2D eigenvalue weighted by molar-refractivity contribution is -0.0849. The second-order valence-electron chi connectivity index (χ2n) is 9.33. The minimum atomic E-state index is -1.48. The number of rotatable bonds is 3. The van der Waals surface area contributed by atoms with Crippen molar-refractivity contribution in [1.29, 1.82) is 0 Å². The highest BCUT2D eigenvalue weighted by Gasteiger charge is 2.44. The molecule has 0 radical (unpaired) electrons. The molecule has 1 fully saturated rings. The Kier molecular flexibility index (Phi) is 4.82. The molecular weight excluding hydrogens is 443 g/mol. The monoisotopic (exact) mass is 467 g/mol. The van der Waals surface area contributed by atoms with E-state index < -0.39 is 23.7 Å². The van der Waals surface area contributed by atoms with Gasteiger partial charge in [0.2, 0.25) is 0 Å². The van der Waals surface area contributed by atoms with Gasteiger partial charge in [-0.3, -0.25) is 9.58 Å². The van der Waals surface area contributed by atoms with Crippen LogP contribution < -0.4 is 0 Å². The van der Waals surface area contributed by atoms with E-state index in [1.807, 2.05) is 35.9 Å². The van der Waals surface area contributed by atoms with Gasteiger partial charge in [0.05, 0.1) is 23.1 Å². The average Bonchev–Trinajstić information content (AvgIpc) is 3.33. The first-order valence-electron chi connectivity index (χ1n) is 11.4. The van der Waals surface area contributed by atoms with Crippen molar-refractivity contribution in [2.75, 3.05) is 0 Å². The van der Waals surface area contributed by atoms with Crippen LogP contribution in [-0.2, 0) is 13.5 Å². The Balaban J connectivity index is 1.41. The van der Waals surface area contributed by atoms with Crippen molar-refractivity contribution in [2.45, 2.75) is 50.9 Å². The number of pyridine rings is 1. The van der Waals surface area contributed by atoms with Crippen molar-refractivity contribution in [2.24, 2.45) is 7.05 Å². The summed E-state index contributed by atoms with van der Waals surface area (Å²) in [5, 5.41) is 16.2. The highest BCUT2D eigenvalue weighted by Crippen LogP contribution is 2.47. The largest absolute Gasteiger partial charge is 0.374 e. The van der Waals surface area contributed by atoms with Crippen LogP contribution in [0.2, 0.25) is 0 Å². The van der Waals surface area contributed by atoms with Crippen LogP contribution in [0.25, 0.3) is 16.9 Å². The number of hydrogen-bond acceptors (Lipinski definition) is 4. The van der Waals surface area contributed by atoms with Gasteiger partial charge in [-0.15, -0.1) is 0 Å². The maximum atomic E-state index is 14.0. The van der Waals surface area contributed by atoms with Crippen LogP contribution in [-0.4, -0.2) is 35.2 Å². The third-order valence-electron chi connectivity index (χ3n) is 7.16. The molecule has 2 aliphatic heterocycles. The molecule has 5 heterocycles. The minimum absolute atomic E-state index is 0.0413. The molecule has 2 aliphatic rings. The Hall–Kier alpha value is -3.17. The smallest absolute Gasteiger partial charge is 0.194 e. The van der Waals surface area contributed by atoms with Gasteiger partial charge in [-0.05, 0) is 56.9 Å². The van der Waals surface area contributed by atoms with E-state index >= 15 is 0 Å². The molecule has 34 heavy (non-hydrogen) atoms. The van der Waals surface area contributed by atoms with Crippen LogP contribution in [0.1, 0.15) is 54.0 Å². The molecule has 1 aromatic carbocycles. The average molecular weight is 467 g/mol. The van der Waals surface area contributed by atoms with Crippen molar-refractivity contribution >= 4 is 5.65 Å². The summed E-state index contributed by atoms with van der Waals surface area (Å²) in [6.45, 7) is 1.93. The molecule has 3 atom stereocenters. The van der Waals surface area contributed by atoms with Crippen molar-refractivity contribution in [3.63, 3.8) is 0 Å². The van der Waals surface area contributed by atoms with Crippen molar-refractivity contribution < 1.29 is 18.3 Å². The molecule has 176 valence electrons. The summed E-state index contributed by atoms with van der Waals surface area (Å²) < 4.78 is 45.1. The van der Waals surface area contributed by atoms with E-state index in [4.69, 9.17) is 5.10 Å². The number of aryl methyl sites for hydroxylation is 2. The van der Waals surface area contributed by atoms with Crippen molar-refractivity contribution in [3.05, 3.63) is 76.6 Å². The predicted octanol–water partition coefficient (Wildman–Crippen LogP) is 4.60. The molecule has 0 aliphatic carbocycles. The number of fused-ring (bicyclic) bond motifs is 5. The van der Waals surface area contributed by atoms with Crippen LogP contribution in [0.5, 0.6) is 0 Å². The van der Waals surface area contributed by atoms with Gasteiger partial charge in [0.25, 0.3) is 0 Å². The minimum Gasteiger partial charge on any atom is -0.374 e. The lowest BCUT2D eigenvalue weighted by Crippen LogP contribution is -2.48. The number of aliphatic hydroxyl groups excluding tert-OH is 1. The van der Waals surface area contributed by atoms with E-state index in [9.17, 15) is 18.3 Å². The van der Waals surface area contributed by atoms with E-state index in [1.165, 1.54) is 0 Å². The van der Waals surface area contributed by atoms with Crippen LogP contribution in [0.15, 0.2) is 36.7 Å². The highest BCUT2D eigenvalue weighted by molar-refractivity contribution is 5.66. The Morgan fingerprint density at radius 3 is 2.62 bits per heavy atom. The van der Waals surface area contributed by atoms with Crippen LogP contribution in [0.4, 0.5) is 13.2 Å². The summed E-state index contributed by atoms with van der Waals surface area (Å²) in [5.41, 5.74) is 5.06. The summed E-state index contributed by atoms with van der Waals surface area (Å²) in [6.07, 6.45) is 6.28. The molecule has 1 N–H and O–H groups in total. The standard InChI is InChI=1S/C25H24F3N5O/c1-13-11-32-12-14(6-7-21(32)29-13)25(34)33-16-4-3-5-20(33)23-17(10-16)24(31(2)30-23)15-8-18(26)22(28)19(27)9-15/h6-9,11-12,16,20,25,34H,3-5,10H2,1-2H3/t16-,20+,25?/m0/s1. The number of halogens is 3. The molecule has 6 rings (SSSR count). The third kappa shape index (κ3) is 3.18. The fraction of sp³-hybridized carbons (Fsp3) is 0.360. The molecule has 1 saturated heterocycles. The Morgan fingerprint density at radius 1 is 1.09 bits per heavy atom. The number of aromatic nitrogens is 4. The first-order valence-corrected chi connectivity index (χ1v) is 11.4. The SMILES string of the molecule is Cc1cn2cc(C(O)N3[C@H]4CCC[C@@H]3c3nn(C)c(-c5cc(F)c(F)c(F)c5)c3C4)ccc2n1. The van der Waals surface area contributed by atoms with Gasteiger partial charge in [0.15, 0.2) is 17.5 Å². The molecule has 0 spiro atoms. The summed E-state index contributed by atoms with van der Waals surface area (Å²) in [6, 6.07) is 5.75. The van der Waals surface area contributed by atoms with Crippen molar-refractivity contribution in [1.82, 2.24) is 24.1 Å². The summed E-state index contributed by atoms with van der Waals surface area (Å²) in [5.74, 6) is -3.91. The van der Waals surface area contributed by atoms with Gasteiger partial charge in [0, 0.05) is 42.2 Å². The third-order valence-corrected chi connectivity index (χ3v) is 7.16. The molecule has 6 nitrogen and oxygen atoms in total. The summed E-state index contributed by atoms with van der Waals surface area (Å²) >= 11 is 0. The molecule has 3 aromatic heterocycles. The molecule has 1 unspecified atom stereocenters. The molecule has 0 saturated carbocycles. The van der Waals surface area contributed by atoms with Crippen LogP contribution >= 0.6 is 0 Å². The normalized spacial score (nSPS) is 21.1. The van der Waals surface area contributed by atoms with Gasteiger partial charge in [-0.1, -0.05) is 0 Å². The first-order chi connectivity index (χ1) is 16.3. The van der Waals surface area contributed by atoms with Gasteiger partial charge in [0.1, 0.15) is 11.9 Å². The topological polar surface area (TPSA) is 58.6 Å². The Bertz CT molecular complexity index is 1400. The maximum absolute atomic E-state index is 14.0. The molecule has 0 amide bonds. The predicted molar refractivity (Wildman–Crippen MR) is 119 cm³/mol. The second kappa shape index (κ2) is 7.68. The number of aliphatic hydroxyl groups is 1. The fourth-order valence-corrected chi connectivity index (χ4v) is 5.76. The Morgan fingerprint density at radius 2 is 1.85 bits per heavy atom. The quantitative estimate of drug-likeness (QED) is 0.448. The van der Waals surface area contributed by atoms with E-state index in [0.29, 0.717) is 12.1 Å². The first kappa shape index (κ1) is 21.4. The molecular formula is C25H24F3N5O. The van der Waals surface area contributed by atoms with Gasteiger partial charge in [-0.2, -0.15) is 5.10 Å². The second-order valence-corrected chi connectivity index (χ2v) is 9.33. The lowest BCUT2D eigenvalue weighted by atomic mass is 9.81. The van der Waals surface area contributed by atoms with Gasteiger partial charge in [-0.25, -0.2) is 18.2 Å². The van der Waals surface area contributed by atoms with E-state index in [0.717, 1.165) is 59.6 Å². The number of imidazole rings is 1. The molecule has 2 bridgehead atoms. The van der Waals surface area contributed by atoms with E-state index in [-0.39, 0.29) is 17.6 Å². The molecule has 9 heteroatoms. The number of nitrogens with zero attached hydrogens (tertiary/aromatic N) is 5. The Labute approximate surface area is 194 Å². The fourth-order valence-electron chi connectivity index (χ4n) is 5.76. The highest BCUT2D eigenvalue weighted by atomic mass is 19.2. The zero-order valence-electron chi connectivity index (χ0n) is 18.8. The summed E-state index contributed by atoms with van der Waals surface area (Å²) in [7, 11) is 1.73. The zero-order valence-corrected chi connectivity index (χ0v) is 18.8. The lowest BCUT2D eigenvalue weighted by Gasteiger charge is -2.47. The maximum Gasteiger partial charge on any atom is 0.194 e. The van der Waals surface area contributed by atoms with Crippen LogP contribution in [0.3, 0.4) is 0 Å². The number of benzene rings is 1. The van der Waals surface area contributed by atoms with Crippen LogP contribution in [0, 0.1) is 24.4 Å². The molecule has 4 aromatic rings. The number of piperidine rings is 1. The van der Waals surface area contributed by atoms with E-state index in [1.54, 1.807) is 11.7 Å². The van der Waals surface area contributed by atoms with Crippen molar-refractivity contribution in [3.8, 4) is 11.3 Å². The zero-order chi connectivity index (χ0) is 23.7. The van der Waals surface area contributed by atoms with E-state index in [2.05, 4.69) is 9.88 Å². The van der Waals surface area contributed by atoms with Gasteiger partial charge >= 0.3 is 0 Å².